The SMILES string of the molecule is NC(=O)c1cn(C2CC2)c2nc(Cl)c(F)cc2c1=O. The number of carbonyl (C=O) groups is 1. The van der Waals surface area contributed by atoms with E-state index in [-0.39, 0.29) is 27.8 Å². The molecule has 0 bridgehead atoms. The quantitative estimate of drug-likeness (QED) is 0.850. The molecule has 0 unspecified atom stereocenters. The van der Waals surface area contributed by atoms with E-state index in [1.54, 1.807) is 4.57 Å². The molecule has 2 heterocycles. The second-order valence-electron chi connectivity index (χ2n) is 4.51. The van der Waals surface area contributed by atoms with Gasteiger partial charge in [-0.2, -0.15) is 0 Å². The maximum atomic E-state index is 13.5. The van der Waals surface area contributed by atoms with Gasteiger partial charge in [0, 0.05) is 12.2 Å². The summed E-state index contributed by atoms with van der Waals surface area (Å²) in [6, 6.07) is 1.15. The molecule has 98 valence electrons. The molecule has 7 heteroatoms. The third kappa shape index (κ3) is 1.88. The molecule has 1 aliphatic carbocycles. The predicted octanol–water partition coefficient (Wildman–Crippen LogP) is 1.62. The lowest BCUT2D eigenvalue weighted by Gasteiger charge is -2.11. The van der Waals surface area contributed by atoms with Crippen LogP contribution in [0.3, 0.4) is 0 Å². The molecule has 0 atom stereocenters. The number of primary amides is 1. The summed E-state index contributed by atoms with van der Waals surface area (Å²) in [4.78, 5) is 27.2. The number of rotatable bonds is 2. The van der Waals surface area contributed by atoms with Crippen molar-refractivity contribution in [3.63, 3.8) is 0 Å². The fourth-order valence-corrected chi connectivity index (χ4v) is 2.17. The minimum absolute atomic E-state index is 0.0186. The Bertz CT molecular complexity index is 768. The monoisotopic (exact) mass is 281 g/mol. The summed E-state index contributed by atoms with van der Waals surface area (Å²) in [5, 5.41) is -0.279. The van der Waals surface area contributed by atoms with Crippen LogP contribution in [0.15, 0.2) is 17.1 Å². The number of carbonyl (C=O) groups excluding carboxylic acids is 1. The first kappa shape index (κ1) is 12.1. The highest BCUT2D eigenvalue weighted by atomic mass is 35.5. The van der Waals surface area contributed by atoms with Gasteiger partial charge in [-0.25, -0.2) is 9.37 Å². The van der Waals surface area contributed by atoms with E-state index in [4.69, 9.17) is 17.3 Å². The number of amides is 1. The lowest BCUT2D eigenvalue weighted by atomic mass is 10.2. The highest BCUT2D eigenvalue weighted by Gasteiger charge is 2.27. The normalized spacial score (nSPS) is 14.8. The van der Waals surface area contributed by atoms with Gasteiger partial charge in [0.15, 0.2) is 11.0 Å². The van der Waals surface area contributed by atoms with Gasteiger partial charge in [0.05, 0.1) is 5.39 Å². The minimum atomic E-state index is -0.836. The third-order valence-electron chi connectivity index (χ3n) is 3.12. The van der Waals surface area contributed by atoms with Gasteiger partial charge >= 0.3 is 0 Å². The molecule has 0 saturated heterocycles. The molecule has 19 heavy (non-hydrogen) atoms. The van der Waals surface area contributed by atoms with Crippen LogP contribution in [0, 0.1) is 5.82 Å². The smallest absolute Gasteiger partial charge is 0.254 e. The molecule has 0 aliphatic heterocycles. The number of aromatic nitrogens is 2. The van der Waals surface area contributed by atoms with Crippen molar-refractivity contribution in [2.45, 2.75) is 18.9 Å². The molecular weight excluding hydrogens is 273 g/mol. The summed E-state index contributed by atoms with van der Waals surface area (Å²) in [5.41, 5.74) is 4.67. The third-order valence-corrected chi connectivity index (χ3v) is 3.39. The molecular formula is C12H9ClFN3O2. The molecule has 2 aromatic rings. The van der Waals surface area contributed by atoms with Crippen LogP contribution >= 0.6 is 11.6 Å². The van der Waals surface area contributed by atoms with Crippen molar-refractivity contribution >= 4 is 28.5 Å². The molecule has 1 saturated carbocycles. The summed E-state index contributed by atoms with van der Waals surface area (Å²) < 4.78 is 15.1. The van der Waals surface area contributed by atoms with E-state index in [9.17, 15) is 14.0 Å². The highest BCUT2D eigenvalue weighted by molar-refractivity contribution is 6.29. The Kier molecular flexibility index (Phi) is 2.56. The standard InChI is InChI=1S/C12H9ClFN3O2/c13-10-8(14)3-6-9(18)7(11(15)19)4-17(5-1-2-5)12(6)16-10/h3-5H,1-2H2,(H2,15,19). The average molecular weight is 282 g/mol. The van der Waals surface area contributed by atoms with Crippen LogP contribution in [0.4, 0.5) is 4.39 Å². The lowest BCUT2D eigenvalue weighted by Crippen LogP contribution is -2.24. The summed E-state index contributed by atoms with van der Waals surface area (Å²) in [6.45, 7) is 0. The largest absolute Gasteiger partial charge is 0.365 e. The van der Waals surface area contributed by atoms with Crippen LogP contribution < -0.4 is 11.2 Å². The zero-order valence-electron chi connectivity index (χ0n) is 9.69. The second-order valence-corrected chi connectivity index (χ2v) is 4.86. The molecule has 2 aromatic heterocycles. The Morgan fingerprint density at radius 1 is 1.53 bits per heavy atom. The van der Waals surface area contributed by atoms with Crippen molar-refractivity contribution in [2.75, 3.05) is 0 Å². The van der Waals surface area contributed by atoms with Gasteiger partial charge in [-0.3, -0.25) is 9.59 Å². The summed E-state index contributed by atoms with van der Waals surface area (Å²) >= 11 is 5.65. The number of pyridine rings is 2. The first-order valence-corrected chi connectivity index (χ1v) is 6.07. The highest BCUT2D eigenvalue weighted by Crippen LogP contribution is 2.36. The van der Waals surface area contributed by atoms with Gasteiger partial charge in [0.1, 0.15) is 11.2 Å². The zero-order chi connectivity index (χ0) is 13.7. The molecule has 5 nitrogen and oxygen atoms in total. The van der Waals surface area contributed by atoms with Gasteiger partial charge in [-0.1, -0.05) is 11.6 Å². The van der Waals surface area contributed by atoms with Crippen molar-refractivity contribution in [3.05, 3.63) is 39.0 Å². The van der Waals surface area contributed by atoms with Crippen molar-refractivity contribution in [3.8, 4) is 0 Å². The van der Waals surface area contributed by atoms with Crippen LogP contribution in [0.5, 0.6) is 0 Å². The molecule has 0 aromatic carbocycles. The van der Waals surface area contributed by atoms with E-state index < -0.39 is 17.2 Å². The maximum absolute atomic E-state index is 13.5. The molecule has 1 amide bonds. The van der Waals surface area contributed by atoms with E-state index >= 15 is 0 Å². The van der Waals surface area contributed by atoms with E-state index in [2.05, 4.69) is 4.98 Å². The summed E-state index contributed by atoms with van der Waals surface area (Å²) in [7, 11) is 0. The Labute approximate surface area is 111 Å². The van der Waals surface area contributed by atoms with Crippen LogP contribution in [0.2, 0.25) is 5.15 Å². The predicted molar refractivity (Wildman–Crippen MR) is 67.8 cm³/mol. The number of nitrogens with zero attached hydrogens (tertiary/aromatic N) is 2. The Morgan fingerprint density at radius 2 is 2.21 bits per heavy atom. The van der Waals surface area contributed by atoms with E-state index in [1.165, 1.54) is 6.20 Å². The maximum Gasteiger partial charge on any atom is 0.254 e. The fraction of sp³-hybridized carbons (Fsp3) is 0.250. The number of halogens is 2. The van der Waals surface area contributed by atoms with Gasteiger partial charge in [0.2, 0.25) is 5.43 Å². The van der Waals surface area contributed by atoms with Crippen LogP contribution in [-0.4, -0.2) is 15.5 Å². The Morgan fingerprint density at radius 3 is 2.79 bits per heavy atom. The molecule has 2 N–H and O–H groups in total. The van der Waals surface area contributed by atoms with Gasteiger partial charge in [0.25, 0.3) is 5.91 Å². The van der Waals surface area contributed by atoms with Crippen molar-refractivity contribution in [2.24, 2.45) is 5.73 Å². The van der Waals surface area contributed by atoms with Gasteiger partial charge in [-0.15, -0.1) is 0 Å². The molecule has 0 spiro atoms. The van der Waals surface area contributed by atoms with Gasteiger partial charge < -0.3 is 10.3 Å². The summed E-state index contributed by atoms with van der Waals surface area (Å²) in [5.74, 6) is -1.63. The number of fused-ring (bicyclic) bond motifs is 1. The topological polar surface area (TPSA) is 78.0 Å². The molecule has 1 fully saturated rings. The van der Waals surface area contributed by atoms with Crippen LogP contribution in [0.25, 0.3) is 11.0 Å². The molecule has 3 rings (SSSR count). The van der Waals surface area contributed by atoms with Gasteiger partial charge in [-0.05, 0) is 18.9 Å². The lowest BCUT2D eigenvalue weighted by molar-refractivity contribution is 0.0998. The van der Waals surface area contributed by atoms with Crippen molar-refractivity contribution in [1.29, 1.82) is 0 Å². The number of nitrogens with two attached hydrogens (primary N) is 1. The molecule has 1 aliphatic rings. The molecule has 0 radical (unpaired) electrons. The number of hydrogen-bond donors (Lipinski definition) is 1. The van der Waals surface area contributed by atoms with E-state index in [0.717, 1.165) is 18.9 Å². The first-order chi connectivity index (χ1) is 8.99. The Balaban J connectivity index is 2.45. The van der Waals surface area contributed by atoms with E-state index in [1.807, 2.05) is 0 Å². The van der Waals surface area contributed by atoms with E-state index in [0.29, 0.717) is 0 Å². The summed E-state index contributed by atoms with van der Waals surface area (Å²) in [6.07, 6.45) is 3.20. The van der Waals surface area contributed by atoms with Crippen LogP contribution in [0.1, 0.15) is 29.2 Å². The first-order valence-electron chi connectivity index (χ1n) is 5.69. The fourth-order valence-electron chi connectivity index (χ4n) is 2.03. The Hall–Kier alpha value is -1.95. The average Bonchev–Trinajstić information content (AvgIpc) is 3.16. The number of hydrogen-bond acceptors (Lipinski definition) is 3. The second kappa shape index (κ2) is 4.03. The minimum Gasteiger partial charge on any atom is -0.365 e. The van der Waals surface area contributed by atoms with Crippen molar-refractivity contribution in [1.82, 2.24) is 9.55 Å². The van der Waals surface area contributed by atoms with Crippen molar-refractivity contribution < 1.29 is 9.18 Å². The zero-order valence-corrected chi connectivity index (χ0v) is 10.4. The van der Waals surface area contributed by atoms with Crippen LogP contribution in [-0.2, 0) is 0 Å².